The Morgan fingerprint density at radius 2 is 1.50 bits per heavy atom. The number of quaternary nitrogens is 1. The van der Waals surface area contributed by atoms with Crippen molar-refractivity contribution in [3.05, 3.63) is 64.6 Å². The molecular weight excluding hydrogens is 578 g/mol. The molecule has 2 amide bonds. The summed E-state index contributed by atoms with van der Waals surface area (Å²) in [6, 6.07) is 11.3. The van der Waals surface area contributed by atoms with E-state index < -0.39 is 0 Å². The number of carbonyl (C=O) groups is 2. The van der Waals surface area contributed by atoms with Crippen LogP contribution < -0.4 is 4.57 Å². The Morgan fingerprint density at radius 3 is 2.11 bits per heavy atom. The lowest BCUT2D eigenvalue weighted by molar-refractivity contribution is -0.940. The molecule has 9 nitrogen and oxygen atoms in total. The number of rotatable bonds is 11. The van der Waals surface area contributed by atoms with Crippen molar-refractivity contribution in [2.24, 2.45) is 0 Å². The second kappa shape index (κ2) is 14.4. The van der Waals surface area contributed by atoms with Crippen molar-refractivity contribution in [2.75, 3.05) is 20.3 Å². The topological polar surface area (TPSA) is 67.9 Å². The largest absolute Gasteiger partial charge is 0.415 e. The van der Waals surface area contributed by atoms with E-state index in [4.69, 9.17) is 9.47 Å². The van der Waals surface area contributed by atoms with Crippen molar-refractivity contribution in [3.8, 4) is 0 Å². The van der Waals surface area contributed by atoms with Gasteiger partial charge in [-0.2, -0.15) is 4.57 Å². The summed E-state index contributed by atoms with van der Waals surface area (Å²) in [5, 5.41) is 1.29. The van der Waals surface area contributed by atoms with Gasteiger partial charge in [0.2, 0.25) is 6.73 Å². The van der Waals surface area contributed by atoms with E-state index in [2.05, 4.69) is 55.1 Å². The number of fused-ring (bicyclic) bond motifs is 3. The van der Waals surface area contributed by atoms with Gasteiger partial charge < -0.3 is 23.8 Å². The summed E-state index contributed by atoms with van der Waals surface area (Å²) in [7, 11) is 2.20. The van der Waals surface area contributed by atoms with E-state index in [0.717, 1.165) is 38.2 Å². The molecule has 3 heterocycles. The summed E-state index contributed by atoms with van der Waals surface area (Å²) >= 11 is 0. The quantitative estimate of drug-likeness (QED) is 0.173. The molecular formula is C37H57N5O4+2. The first-order valence-corrected chi connectivity index (χ1v) is 16.9. The van der Waals surface area contributed by atoms with Gasteiger partial charge in [0.1, 0.15) is 6.54 Å². The molecule has 1 aromatic carbocycles. The first kappa shape index (κ1) is 35.3. The fourth-order valence-corrected chi connectivity index (χ4v) is 6.97. The van der Waals surface area contributed by atoms with Gasteiger partial charge in [-0.05, 0) is 86.9 Å². The molecule has 0 fully saturated rings. The second-order valence-electron chi connectivity index (χ2n) is 14.5. The Bertz CT molecular complexity index is 1530. The normalized spacial score (nSPS) is 16.4. The van der Waals surface area contributed by atoms with Gasteiger partial charge >= 0.3 is 12.2 Å². The minimum atomic E-state index is -0.291. The number of aryl methyl sites for hydroxylation is 4. The molecule has 0 saturated heterocycles. The first-order chi connectivity index (χ1) is 21.6. The average Bonchev–Trinajstić information content (AvgIpc) is 3.25. The molecule has 252 valence electrons. The number of pyridine rings is 1. The fraction of sp³-hybridized carbons (Fsp3) is 0.595. The number of carbonyl (C=O) groups excluding carboxylic acids is 2. The van der Waals surface area contributed by atoms with Gasteiger partial charge in [0.25, 0.3) is 6.73 Å². The van der Waals surface area contributed by atoms with E-state index in [9.17, 15) is 9.59 Å². The molecule has 46 heavy (non-hydrogen) atoms. The van der Waals surface area contributed by atoms with Crippen LogP contribution in [0.25, 0.3) is 10.9 Å². The Kier molecular flexibility index (Phi) is 11.1. The Balaban J connectivity index is 1.52. The SMILES string of the molecule is Cc1ccc2c(c1)c1c(n2CCc2ccc(C)[n+](COC(=O)N(C(C)C)C(C)C)c2)CC[N+](C)(COC(=O)N(C(C)C)C(C)C)C1. The van der Waals surface area contributed by atoms with Crippen molar-refractivity contribution < 1.29 is 28.1 Å². The van der Waals surface area contributed by atoms with Gasteiger partial charge in [0.05, 0.1) is 13.6 Å². The predicted molar refractivity (Wildman–Crippen MR) is 182 cm³/mol. The molecule has 0 bridgehead atoms. The van der Waals surface area contributed by atoms with Gasteiger partial charge in [-0.15, -0.1) is 0 Å². The molecule has 4 rings (SSSR count). The minimum absolute atomic E-state index is 0.0721. The third-order valence-electron chi connectivity index (χ3n) is 9.28. The highest BCUT2D eigenvalue weighted by molar-refractivity contribution is 5.86. The van der Waals surface area contributed by atoms with Crippen molar-refractivity contribution in [3.63, 3.8) is 0 Å². The van der Waals surface area contributed by atoms with E-state index in [0.29, 0.717) is 11.2 Å². The van der Waals surface area contributed by atoms with Crippen molar-refractivity contribution in [1.82, 2.24) is 14.4 Å². The number of likely N-dealkylation sites (N-methyl/N-ethyl adjacent to an activating group) is 1. The summed E-state index contributed by atoms with van der Waals surface area (Å²) in [5.74, 6) is 0. The third-order valence-corrected chi connectivity index (χ3v) is 9.28. The lowest BCUT2D eigenvalue weighted by atomic mass is 10.0. The van der Waals surface area contributed by atoms with Crippen LogP contribution in [0.4, 0.5) is 9.59 Å². The lowest BCUT2D eigenvalue weighted by Gasteiger charge is -2.38. The van der Waals surface area contributed by atoms with Crippen LogP contribution in [-0.2, 0) is 42.1 Å². The van der Waals surface area contributed by atoms with E-state index in [-0.39, 0.29) is 43.1 Å². The number of hydrogen-bond donors (Lipinski definition) is 0. The van der Waals surface area contributed by atoms with E-state index in [1.165, 1.54) is 33.3 Å². The van der Waals surface area contributed by atoms with Gasteiger partial charge in [0.15, 0.2) is 11.9 Å². The second-order valence-corrected chi connectivity index (χ2v) is 14.5. The molecule has 9 heteroatoms. The van der Waals surface area contributed by atoms with Crippen molar-refractivity contribution in [2.45, 2.75) is 126 Å². The van der Waals surface area contributed by atoms with E-state index in [1.807, 2.05) is 71.8 Å². The Hall–Kier alpha value is -3.59. The molecule has 1 aliphatic rings. The van der Waals surface area contributed by atoms with Gasteiger partial charge in [-0.3, -0.25) is 4.48 Å². The highest BCUT2D eigenvalue weighted by Crippen LogP contribution is 2.34. The number of benzene rings is 1. The number of amides is 2. The maximum Gasteiger partial charge on any atom is 0.415 e. The fourth-order valence-electron chi connectivity index (χ4n) is 6.97. The number of hydrogen-bond acceptors (Lipinski definition) is 4. The van der Waals surface area contributed by atoms with Crippen LogP contribution in [0.3, 0.4) is 0 Å². The molecule has 0 spiro atoms. The van der Waals surface area contributed by atoms with E-state index >= 15 is 0 Å². The summed E-state index contributed by atoms with van der Waals surface area (Å²) in [6.45, 7) is 23.4. The van der Waals surface area contributed by atoms with Crippen LogP contribution in [0.2, 0.25) is 0 Å². The van der Waals surface area contributed by atoms with Crippen LogP contribution in [0.1, 0.15) is 83.5 Å². The molecule has 1 aliphatic heterocycles. The van der Waals surface area contributed by atoms with Gasteiger partial charge in [0, 0.05) is 77.8 Å². The molecule has 3 aromatic rings. The highest BCUT2D eigenvalue weighted by Gasteiger charge is 2.35. The van der Waals surface area contributed by atoms with Crippen LogP contribution in [0.5, 0.6) is 0 Å². The molecule has 0 N–H and O–H groups in total. The number of nitrogens with zero attached hydrogens (tertiary/aromatic N) is 5. The lowest BCUT2D eigenvalue weighted by Crippen LogP contribution is -2.51. The van der Waals surface area contributed by atoms with Gasteiger partial charge in [-0.1, -0.05) is 11.6 Å². The van der Waals surface area contributed by atoms with Crippen molar-refractivity contribution in [1.29, 1.82) is 0 Å². The zero-order valence-corrected chi connectivity index (χ0v) is 30.1. The zero-order chi connectivity index (χ0) is 33.9. The summed E-state index contributed by atoms with van der Waals surface area (Å²) in [6.07, 6.45) is 3.35. The van der Waals surface area contributed by atoms with Crippen molar-refractivity contribution >= 4 is 23.1 Å². The maximum absolute atomic E-state index is 13.0. The summed E-state index contributed by atoms with van der Waals surface area (Å²) in [4.78, 5) is 29.4. The summed E-state index contributed by atoms with van der Waals surface area (Å²) < 4.78 is 16.9. The molecule has 2 aromatic heterocycles. The predicted octanol–water partition coefficient (Wildman–Crippen LogP) is 6.72. The van der Waals surface area contributed by atoms with Crippen LogP contribution >= 0.6 is 0 Å². The third kappa shape index (κ3) is 7.85. The molecule has 0 radical (unpaired) electrons. The standard InChI is InChI=1S/C37H57N5O4/c1-25(2)40(26(3)4)36(43)45-23-38-21-31(14-13-30(38)10)16-18-39-34-15-12-29(9)20-32(34)33-22-42(11,19-17-35(33)39)24-46-37(44)41(27(5)6)28(7)8/h12-15,20-21,25-28H,16-19,22-24H2,1-11H3/q+2. The smallest absolute Gasteiger partial charge is 0.399 e. The maximum atomic E-state index is 13.0. The monoisotopic (exact) mass is 635 g/mol. The highest BCUT2D eigenvalue weighted by atomic mass is 16.6. The molecule has 0 saturated carbocycles. The minimum Gasteiger partial charge on any atom is -0.399 e. The number of ether oxygens (including phenoxy) is 2. The number of aromatic nitrogens is 2. The Morgan fingerprint density at radius 1 is 0.891 bits per heavy atom. The van der Waals surface area contributed by atoms with Crippen LogP contribution in [0.15, 0.2) is 36.5 Å². The molecule has 0 aliphatic carbocycles. The van der Waals surface area contributed by atoms with Crippen LogP contribution in [0, 0.1) is 13.8 Å². The average molecular weight is 636 g/mol. The van der Waals surface area contributed by atoms with E-state index in [1.54, 1.807) is 4.90 Å². The van der Waals surface area contributed by atoms with Gasteiger partial charge in [-0.25, -0.2) is 9.59 Å². The van der Waals surface area contributed by atoms with Crippen LogP contribution in [-0.4, -0.2) is 75.5 Å². The molecule has 1 unspecified atom stereocenters. The molecule has 1 atom stereocenters. The zero-order valence-electron chi connectivity index (χ0n) is 30.1. The summed E-state index contributed by atoms with van der Waals surface area (Å²) in [5.41, 5.74) is 7.47. The first-order valence-electron chi connectivity index (χ1n) is 16.9. The Labute approximate surface area is 276 Å².